The van der Waals surface area contributed by atoms with Gasteiger partial charge in [0.1, 0.15) is 11.4 Å². The van der Waals surface area contributed by atoms with Crippen molar-refractivity contribution in [3.63, 3.8) is 0 Å². The van der Waals surface area contributed by atoms with Gasteiger partial charge < -0.3 is 19.3 Å². The van der Waals surface area contributed by atoms with Crippen molar-refractivity contribution in [3.05, 3.63) is 35.5 Å². The Morgan fingerprint density at radius 1 is 1.23 bits per heavy atom. The van der Waals surface area contributed by atoms with Gasteiger partial charge in [0, 0.05) is 30.2 Å². The van der Waals surface area contributed by atoms with Crippen molar-refractivity contribution >= 4 is 23.5 Å². The molecule has 1 aromatic heterocycles. The van der Waals surface area contributed by atoms with Crippen LogP contribution in [0, 0.1) is 11.7 Å². The quantitative estimate of drug-likeness (QED) is 0.492. The number of aliphatic hydroxyl groups is 1. The summed E-state index contributed by atoms with van der Waals surface area (Å²) in [6.45, 7) is 7.82. The van der Waals surface area contributed by atoms with Crippen LogP contribution in [-0.2, 0) is 11.8 Å². The summed E-state index contributed by atoms with van der Waals surface area (Å²) < 4.78 is 59.9. The number of piperazine rings is 1. The first-order chi connectivity index (χ1) is 14.3. The lowest BCUT2D eigenvalue weighted by Crippen LogP contribution is -2.55. The molecule has 0 bridgehead atoms. The molecule has 1 aliphatic rings. The van der Waals surface area contributed by atoms with Gasteiger partial charge in [-0.05, 0) is 44.2 Å². The molecule has 1 aromatic carbocycles. The molecule has 0 radical (unpaired) electrons. The van der Waals surface area contributed by atoms with Gasteiger partial charge in [-0.2, -0.15) is 18.2 Å². The first-order valence-electron chi connectivity index (χ1n) is 9.99. The van der Waals surface area contributed by atoms with Crippen LogP contribution in [0.25, 0.3) is 0 Å². The summed E-state index contributed by atoms with van der Waals surface area (Å²) >= 11 is 1.32. The standard InChI is InChI=1S/C21H27F4N3O2S/c1-12(2)15-11-27(13-6-7-14(22)16(10-13)31-5)8-9-28(15)19-26-17(21(23,24)25)18(30-19)20(3,4)29/h6-7,10,12,15,29H,8-9,11H2,1-5H3. The van der Waals surface area contributed by atoms with Gasteiger partial charge in [0.15, 0.2) is 11.5 Å². The number of halogens is 4. The lowest BCUT2D eigenvalue weighted by Gasteiger charge is -2.43. The van der Waals surface area contributed by atoms with E-state index < -0.39 is 23.2 Å². The summed E-state index contributed by atoms with van der Waals surface area (Å²) in [6.07, 6.45) is -2.94. The van der Waals surface area contributed by atoms with Gasteiger partial charge in [0.05, 0.1) is 6.04 Å². The third-order valence-electron chi connectivity index (χ3n) is 5.37. The molecular formula is C21H27F4N3O2S. The lowest BCUT2D eigenvalue weighted by atomic mass is 9.99. The molecular weight excluding hydrogens is 434 g/mol. The van der Waals surface area contributed by atoms with Crippen molar-refractivity contribution in [2.75, 3.05) is 35.7 Å². The fraction of sp³-hybridized carbons (Fsp3) is 0.571. The number of alkyl halides is 3. The van der Waals surface area contributed by atoms with Gasteiger partial charge in [-0.15, -0.1) is 11.8 Å². The lowest BCUT2D eigenvalue weighted by molar-refractivity contribution is -0.144. The highest BCUT2D eigenvalue weighted by Gasteiger charge is 2.44. The van der Waals surface area contributed by atoms with Gasteiger partial charge in [-0.1, -0.05) is 13.8 Å². The highest BCUT2D eigenvalue weighted by atomic mass is 32.2. The average Bonchev–Trinajstić information content (AvgIpc) is 3.14. The SMILES string of the molecule is CSc1cc(N2CCN(c3nc(C(F)(F)F)c(C(C)(C)O)o3)C(C(C)C)C2)ccc1F. The minimum Gasteiger partial charge on any atom is -0.425 e. The summed E-state index contributed by atoms with van der Waals surface area (Å²) in [4.78, 5) is 8.10. The number of aromatic nitrogens is 1. The number of rotatable bonds is 5. The summed E-state index contributed by atoms with van der Waals surface area (Å²) in [5.41, 5.74) is -2.17. The fourth-order valence-electron chi connectivity index (χ4n) is 3.74. The van der Waals surface area contributed by atoms with E-state index >= 15 is 0 Å². The highest BCUT2D eigenvalue weighted by molar-refractivity contribution is 7.98. The Morgan fingerprint density at radius 2 is 1.90 bits per heavy atom. The zero-order valence-corrected chi connectivity index (χ0v) is 18.9. The van der Waals surface area contributed by atoms with Crippen LogP contribution >= 0.6 is 11.8 Å². The molecule has 5 nitrogen and oxygen atoms in total. The van der Waals surface area contributed by atoms with Crippen LogP contribution in [0.1, 0.15) is 39.1 Å². The first-order valence-corrected chi connectivity index (χ1v) is 11.2. The number of thioether (sulfide) groups is 1. The zero-order valence-electron chi connectivity index (χ0n) is 18.1. The molecule has 1 N–H and O–H groups in total. The molecule has 0 saturated carbocycles. The Labute approximate surface area is 183 Å². The van der Waals surface area contributed by atoms with Crippen LogP contribution in [0.5, 0.6) is 0 Å². The second-order valence-electron chi connectivity index (χ2n) is 8.50. The molecule has 2 aromatic rings. The predicted molar refractivity (Wildman–Crippen MR) is 113 cm³/mol. The van der Waals surface area contributed by atoms with Crippen molar-refractivity contribution < 1.29 is 27.1 Å². The molecule has 172 valence electrons. The summed E-state index contributed by atoms with van der Waals surface area (Å²) in [5.74, 6) is -0.799. The normalized spacial score (nSPS) is 18.2. The Hall–Kier alpha value is -1.94. The van der Waals surface area contributed by atoms with E-state index in [9.17, 15) is 22.7 Å². The molecule has 1 fully saturated rings. The van der Waals surface area contributed by atoms with E-state index in [4.69, 9.17) is 4.42 Å². The number of anilines is 2. The van der Waals surface area contributed by atoms with E-state index in [1.165, 1.54) is 31.7 Å². The van der Waals surface area contributed by atoms with Gasteiger partial charge in [-0.25, -0.2) is 4.39 Å². The van der Waals surface area contributed by atoms with Crippen LogP contribution in [0.15, 0.2) is 27.5 Å². The number of nitrogens with zero attached hydrogens (tertiary/aromatic N) is 3. The maximum absolute atomic E-state index is 13.9. The van der Waals surface area contributed by atoms with Gasteiger partial charge in [0.25, 0.3) is 6.01 Å². The molecule has 2 heterocycles. The molecule has 0 spiro atoms. The predicted octanol–water partition coefficient (Wildman–Crippen LogP) is 5.13. The molecule has 3 rings (SSSR count). The summed E-state index contributed by atoms with van der Waals surface area (Å²) in [6, 6.07) is 4.59. The minimum atomic E-state index is -4.74. The van der Waals surface area contributed by atoms with Crippen molar-refractivity contribution in [1.29, 1.82) is 0 Å². The molecule has 31 heavy (non-hydrogen) atoms. The zero-order chi connectivity index (χ0) is 23.1. The minimum absolute atomic E-state index is 0.0788. The molecule has 1 saturated heterocycles. The van der Waals surface area contributed by atoms with E-state index in [-0.39, 0.29) is 23.8 Å². The molecule has 0 aliphatic carbocycles. The van der Waals surface area contributed by atoms with Crippen LogP contribution in [-0.4, -0.2) is 42.0 Å². The Balaban J connectivity index is 1.93. The maximum Gasteiger partial charge on any atom is 0.437 e. The third-order valence-corrected chi connectivity index (χ3v) is 6.13. The van der Waals surface area contributed by atoms with Crippen molar-refractivity contribution in [3.8, 4) is 0 Å². The van der Waals surface area contributed by atoms with Crippen LogP contribution in [0.2, 0.25) is 0 Å². The van der Waals surface area contributed by atoms with Crippen LogP contribution in [0.3, 0.4) is 0 Å². The second kappa shape index (κ2) is 8.54. The van der Waals surface area contributed by atoms with Crippen LogP contribution in [0.4, 0.5) is 29.3 Å². The maximum atomic E-state index is 13.9. The van der Waals surface area contributed by atoms with Crippen molar-refractivity contribution in [2.45, 2.75) is 50.4 Å². The monoisotopic (exact) mass is 461 g/mol. The van der Waals surface area contributed by atoms with E-state index in [2.05, 4.69) is 9.88 Å². The van der Waals surface area contributed by atoms with E-state index in [0.717, 1.165) is 5.69 Å². The van der Waals surface area contributed by atoms with E-state index in [1.807, 2.05) is 13.8 Å². The van der Waals surface area contributed by atoms with Gasteiger partial charge in [0.2, 0.25) is 0 Å². The summed E-state index contributed by atoms with van der Waals surface area (Å²) in [7, 11) is 0. The number of oxazole rings is 1. The fourth-order valence-corrected chi connectivity index (χ4v) is 4.24. The number of hydrogen-bond donors (Lipinski definition) is 1. The smallest absolute Gasteiger partial charge is 0.425 e. The Kier molecular flexibility index (Phi) is 6.53. The highest BCUT2D eigenvalue weighted by Crippen LogP contribution is 2.40. The molecule has 1 atom stereocenters. The molecule has 0 amide bonds. The summed E-state index contributed by atoms with van der Waals surface area (Å²) in [5, 5.41) is 10.2. The van der Waals surface area contributed by atoms with Crippen LogP contribution < -0.4 is 9.80 Å². The topological polar surface area (TPSA) is 52.7 Å². The Morgan fingerprint density at radius 3 is 2.42 bits per heavy atom. The Bertz CT molecular complexity index is 893. The largest absolute Gasteiger partial charge is 0.437 e. The van der Waals surface area contributed by atoms with E-state index in [0.29, 0.717) is 24.5 Å². The van der Waals surface area contributed by atoms with Gasteiger partial charge >= 0.3 is 6.18 Å². The third kappa shape index (κ3) is 4.95. The molecule has 1 aliphatic heterocycles. The number of benzene rings is 1. The average molecular weight is 462 g/mol. The molecule has 1 unspecified atom stereocenters. The van der Waals surface area contributed by atoms with Crippen molar-refractivity contribution in [1.82, 2.24) is 4.98 Å². The number of hydrogen-bond acceptors (Lipinski definition) is 6. The van der Waals surface area contributed by atoms with Gasteiger partial charge in [-0.3, -0.25) is 0 Å². The first kappa shape index (κ1) is 23.7. The molecule has 10 heteroatoms. The second-order valence-corrected chi connectivity index (χ2v) is 9.35. The van der Waals surface area contributed by atoms with Crippen molar-refractivity contribution in [2.24, 2.45) is 5.92 Å². The van der Waals surface area contributed by atoms with E-state index in [1.54, 1.807) is 23.3 Å².